The van der Waals surface area contributed by atoms with Gasteiger partial charge in [0.1, 0.15) is 6.04 Å². The Bertz CT molecular complexity index is 1320. The second-order valence-electron chi connectivity index (χ2n) is 18.0. The number of amides is 2. The number of carboxylic acids is 3. The lowest BCUT2D eigenvalue weighted by molar-refractivity contribution is -0.151. The van der Waals surface area contributed by atoms with Crippen LogP contribution in [0.4, 0.5) is 0 Å². The van der Waals surface area contributed by atoms with Gasteiger partial charge in [-0.05, 0) is 25.7 Å². The number of rotatable bonds is 64. The number of ether oxygens (including phenoxy) is 12. The summed E-state index contributed by atoms with van der Waals surface area (Å²) >= 11 is 0. The van der Waals surface area contributed by atoms with E-state index in [1.165, 1.54) is 37.0 Å². The molecule has 0 fully saturated rings. The molecule has 0 aromatic heterocycles. The van der Waals surface area contributed by atoms with E-state index in [0.29, 0.717) is 165 Å². The highest BCUT2D eigenvalue weighted by atomic mass is 16.6. The smallest absolute Gasteiger partial charge is 0.326 e. The van der Waals surface area contributed by atoms with Crippen LogP contribution in [0.2, 0.25) is 0 Å². The fraction of sp³-hybridized carbons (Fsp3) is 0.907. The maximum Gasteiger partial charge on any atom is 0.326 e. The Labute approximate surface area is 454 Å². The van der Waals surface area contributed by atoms with Gasteiger partial charge in [-0.15, -0.1) is 0 Å². The highest BCUT2D eigenvalue weighted by Gasteiger charge is 2.29. The van der Waals surface area contributed by atoms with Gasteiger partial charge in [-0.3, -0.25) is 19.2 Å². The molecule has 4 N–H and O–H groups in total. The largest absolute Gasteiger partial charge is 0.481 e. The van der Waals surface area contributed by atoms with E-state index in [1.54, 1.807) is 0 Å². The van der Waals surface area contributed by atoms with Gasteiger partial charge >= 0.3 is 17.9 Å². The van der Waals surface area contributed by atoms with Gasteiger partial charge in [0.2, 0.25) is 11.8 Å². The minimum atomic E-state index is -1.10. The Morgan fingerprint density at radius 1 is 0.355 bits per heavy atom. The second-order valence-corrected chi connectivity index (χ2v) is 18.0. The molecule has 76 heavy (non-hydrogen) atoms. The molecule has 0 spiro atoms. The van der Waals surface area contributed by atoms with Crippen molar-refractivity contribution >= 4 is 29.7 Å². The minimum absolute atomic E-state index is 0.0159. The Kier molecular flexibility index (Phi) is 57.1. The second kappa shape index (κ2) is 59.5. The summed E-state index contributed by atoms with van der Waals surface area (Å²) in [4.78, 5) is 61.1. The first-order valence-corrected chi connectivity index (χ1v) is 28.3. The monoisotopic (exact) mass is 1100 g/mol. The van der Waals surface area contributed by atoms with E-state index in [-0.39, 0.29) is 63.7 Å². The molecule has 0 rings (SSSR count). The third-order valence-electron chi connectivity index (χ3n) is 11.5. The Morgan fingerprint density at radius 2 is 0.658 bits per heavy atom. The first-order valence-electron chi connectivity index (χ1n) is 28.3. The SMILES string of the molecule is CCCCCCCCCCCN(C(=O)CCCCCCCCCC(=O)O)C(CCC(=O)NCCOCCOCCOCCOCCOCCOCCOCCOCCOCCOCCOCCOCCC(=O)O)C(=O)O. The van der Waals surface area contributed by atoms with Gasteiger partial charge in [0, 0.05) is 32.4 Å². The van der Waals surface area contributed by atoms with Crippen LogP contribution >= 0.6 is 0 Å². The first-order chi connectivity index (χ1) is 37.2. The van der Waals surface area contributed by atoms with Crippen LogP contribution in [-0.4, -0.2) is 228 Å². The number of carboxylic acid groups (broad SMARTS) is 3. The molecular formula is C54H102N2O20. The molecule has 22 heteroatoms. The molecule has 0 aliphatic carbocycles. The highest BCUT2D eigenvalue weighted by Crippen LogP contribution is 2.17. The summed E-state index contributed by atoms with van der Waals surface area (Å²) in [6.07, 6.45) is 16.4. The summed E-state index contributed by atoms with van der Waals surface area (Å²) in [6, 6.07) is -1.07. The molecule has 2 amide bonds. The number of carbonyl (C=O) groups excluding carboxylic acids is 2. The number of hydrogen-bond acceptors (Lipinski definition) is 17. The van der Waals surface area contributed by atoms with Crippen molar-refractivity contribution in [2.75, 3.05) is 172 Å². The van der Waals surface area contributed by atoms with Crippen LogP contribution in [-0.2, 0) is 80.8 Å². The third-order valence-corrected chi connectivity index (χ3v) is 11.5. The van der Waals surface area contributed by atoms with Gasteiger partial charge in [-0.2, -0.15) is 0 Å². The van der Waals surface area contributed by atoms with E-state index < -0.39 is 23.9 Å². The van der Waals surface area contributed by atoms with Crippen molar-refractivity contribution in [2.24, 2.45) is 0 Å². The lowest BCUT2D eigenvalue weighted by Crippen LogP contribution is -2.46. The zero-order chi connectivity index (χ0) is 55.5. The van der Waals surface area contributed by atoms with Crippen molar-refractivity contribution < 1.29 is 96.1 Å². The van der Waals surface area contributed by atoms with Crippen molar-refractivity contribution in [3.63, 3.8) is 0 Å². The summed E-state index contributed by atoms with van der Waals surface area (Å²) < 4.78 is 65.4. The van der Waals surface area contributed by atoms with Crippen LogP contribution in [0.25, 0.3) is 0 Å². The van der Waals surface area contributed by atoms with Crippen LogP contribution in [0.5, 0.6) is 0 Å². The molecule has 22 nitrogen and oxygen atoms in total. The number of aliphatic carboxylic acids is 3. The van der Waals surface area contributed by atoms with Crippen molar-refractivity contribution in [1.82, 2.24) is 10.2 Å². The van der Waals surface area contributed by atoms with Gasteiger partial charge in [0.15, 0.2) is 0 Å². The predicted molar refractivity (Wildman–Crippen MR) is 284 cm³/mol. The van der Waals surface area contributed by atoms with Crippen molar-refractivity contribution in [3.8, 4) is 0 Å². The summed E-state index contributed by atoms with van der Waals surface area (Å²) in [5.74, 6) is -3.23. The number of nitrogens with one attached hydrogen (secondary N) is 1. The van der Waals surface area contributed by atoms with Crippen LogP contribution in [0, 0.1) is 0 Å². The summed E-state index contributed by atoms with van der Waals surface area (Å²) in [5, 5.41) is 30.3. The first kappa shape index (κ1) is 72.9. The maximum absolute atomic E-state index is 13.4. The zero-order valence-electron chi connectivity index (χ0n) is 46.5. The third kappa shape index (κ3) is 55.6. The van der Waals surface area contributed by atoms with Crippen molar-refractivity contribution in [2.45, 2.75) is 148 Å². The average molecular weight is 1100 g/mol. The molecule has 0 radical (unpaired) electrons. The Hall–Kier alpha value is -3.13. The molecule has 0 aliphatic rings. The molecule has 1 unspecified atom stereocenters. The number of nitrogens with zero attached hydrogens (tertiary/aromatic N) is 1. The lowest BCUT2D eigenvalue weighted by atomic mass is 10.0. The van der Waals surface area contributed by atoms with Gasteiger partial charge < -0.3 is 82.4 Å². The van der Waals surface area contributed by atoms with Gasteiger partial charge in [0.25, 0.3) is 0 Å². The normalized spacial score (nSPS) is 11.8. The van der Waals surface area contributed by atoms with Crippen molar-refractivity contribution in [1.29, 1.82) is 0 Å². The predicted octanol–water partition coefficient (Wildman–Crippen LogP) is 5.96. The number of hydrogen-bond donors (Lipinski definition) is 4. The molecular weight excluding hydrogens is 997 g/mol. The summed E-state index contributed by atoms with van der Waals surface area (Å²) in [5.41, 5.74) is 0. The minimum Gasteiger partial charge on any atom is -0.481 e. The molecule has 0 aliphatic heterocycles. The van der Waals surface area contributed by atoms with E-state index in [0.717, 1.165) is 57.8 Å². The standard InChI is InChI=1S/C54H102N2O20/c1-2-3-4-5-6-7-11-14-17-24-56(51(58)18-15-12-9-8-10-13-16-19-52(59)60)49(54(63)64)20-21-50(57)55-23-26-66-28-30-68-32-34-70-36-38-72-40-42-74-44-46-76-48-47-75-45-43-73-41-39-71-37-35-69-33-31-67-29-27-65-25-22-53(61)62/h49H,2-48H2,1H3,(H,55,57)(H,59,60)(H,61,62)(H,63,64). The van der Waals surface area contributed by atoms with Crippen LogP contribution in [0.1, 0.15) is 142 Å². The molecule has 0 saturated carbocycles. The Balaban J connectivity index is 3.81. The van der Waals surface area contributed by atoms with Gasteiger partial charge in [0.05, 0.1) is 165 Å². The van der Waals surface area contributed by atoms with E-state index >= 15 is 0 Å². The summed E-state index contributed by atoms with van der Waals surface area (Å²) in [6.45, 7) is 12.7. The highest BCUT2D eigenvalue weighted by molar-refractivity contribution is 5.84. The fourth-order valence-corrected chi connectivity index (χ4v) is 7.34. The molecule has 0 saturated heterocycles. The zero-order valence-corrected chi connectivity index (χ0v) is 46.5. The van der Waals surface area contributed by atoms with Crippen LogP contribution in [0.15, 0.2) is 0 Å². The average Bonchev–Trinajstić information content (AvgIpc) is 3.39. The van der Waals surface area contributed by atoms with E-state index in [9.17, 15) is 29.1 Å². The quantitative estimate of drug-likeness (QED) is 0.0511. The molecule has 448 valence electrons. The van der Waals surface area contributed by atoms with E-state index in [1.807, 2.05) is 0 Å². The van der Waals surface area contributed by atoms with Gasteiger partial charge in [-0.1, -0.05) is 90.4 Å². The van der Waals surface area contributed by atoms with E-state index in [4.69, 9.17) is 67.1 Å². The Morgan fingerprint density at radius 3 is 1.00 bits per heavy atom. The molecule has 0 heterocycles. The molecule has 1 atom stereocenters. The van der Waals surface area contributed by atoms with E-state index in [2.05, 4.69) is 12.2 Å². The number of carbonyl (C=O) groups is 5. The van der Waals surface area contributed by atoms with Crippen LogP contribution in [0.3, 0.4) is 0 Å². The van der Waals surface area contributed by atoms with Crippen molar-refractivity contribution in [3.05, 3.63) is 0 Å². The molecule has 0 bridgehead atoms. The summed E-state index contributed by atoms with van der Waals surface area (Å²) in [7, 11) is 0. The lowest BCUT2D eigenvalue weighted by Gasteiger charge is -2.29. The van der Waals surface area contributed by atoms with Crippen LogP contribution < -0.4 is 5.32 Å². The maximum atomic E-state index is 13.4. The number of unbranched alkanes of at least 4 members (excludes halogenated alkanes) is 14. The fourth-order valence-electron chi connectivity index (χ4n) is 7.34. The topological polar surface area (TPSA) is 272 Å². The molecule has 0 aromatic rings. The van der Waals surface area contributed by atoms with Gasteiger partial charge in [-0.25, -0.2) is 4.79 Å². The molecule has 0 aromatic carbocycles.